The van der Waals surface area contributed by atoms with E-state index in [0.717, 1.165) is 57.1 Å². The van der Waals surface area contributed by atoms with Crippen LogP contribution in [0.15, 0.2) is 36.7 Å². The van der Waals surface area contributed by atoms with Crippen molar-refractivity contribution < 1.29 is 23.9 Å². The number of hydrogen-bond acceptors (Lipinski definition) is 7. The summed E-state index contributed by atoms with van der Waals surface area (Å²) >= 11 is 0. The number of amides is 3. The maximum absolute atomic E-state index is 13.6. The molecule has 2 saturated heterocycles. The van der Waals surface area contributed by atoms with Crippen molar-refractivity contribution in [1.29, 1.82) is 0 Å². The monoisotopic (exact) mass is 577 g/mol. The van der Waals surface area contributed by atoms with E-state index in [9.17, 15) is 14.4 Å². The smallest absolute Gasteiger partial charge is 0.410 e. The number of carbonyl (C=O) groups is 3. The quantitative estimate of drug-likeness (QED) is 0.466. The molecular weight excluding hydrogens is 534 g/mol. The first-order valence-electron chi connectivity index (χ1n) is 15.2. The molecule has 1 aromatic heterocycles. The summed E-state index contributed by atoms with van der Waals surface area (Å²) in [4.78, 5) is 53.9. The van der Waals surface area contributed by atoms with Gasteiger partial charge < -0.3 is 24.2 Å². The highest BCUT2D eigenvalue weighted by atomic mass is 16.6. The third-order valence-corrected chi connectivity index (χ3v) is 8.22. The largest absolute Gasteiger partial charge is 0.444 e. The highest BCUT2D eigenvalue weighted by Crippen LogP contribution is 2.33. The predicted molar refractivity (Wildman–Crippen MR) is 158 cm³/mol. The second-order valence-corrected chi connectivity index (χ2v) is 12.6. The fourth-order valence-electron chi connectivity index (χ4n) is 5.93. The number of methoxy groups -OCH3 is 1. The van der Waals surface area contributed by atoms with Crippen LogP contribution in [0.2, 0.25) is 0 Å². The molecule has 3 amide bonds. The average molecular weight is 578 g/mol. The highest BCUT2D eigenvalue weighted by molar-refractivity contribution is 5.95. The van der Waals surface area contributed by atoms with Crippen molar-refractivity contribution >= 4 is 17.9 Å². The molecule has 5 rings (SSSR count). The van der Waals surface area contributed by atoms with E-state index >= 15 is 0 Å². The highest BCUT2D eigenvalue weighted by Gasteiger charge is 2.40. The number of benzene rings is 1. The lowest BCUT2D eigenvalue weighted by Crippen LogP contribution is -2.50. The Morgan fingerprint density at radius 2 is 1.52 bits per heavy atom. The topological polar surface area (TPSA) is 105 Å². The van der Waals surface area contributed by atoms with Crippen molar-refractivity contribution in [2.45, 2.75) is 89.4 Å². The Morgan fingerprint density at radius 3 is 2.12 bits per heavy atom. The fraction of sp³-hybridized carbons (Fsp3) is 0.594. The third kappa shape index (κ3) is 7.09. The molecule has 1 atom stereocenters. The van der Waals surface area contributed by atoms with Crippen LogP contribution >= 0.6 is 0 Å². The van der Waals surface area contributed by atoms with Crippen LogP contribution in [0, 0.1) is 0 Å². The number of nitrogens with zero attached hydrogens (tertiary/aromatic N) is 5. The molecule has 226 valence electrons. The number of aromatic nitrogens is 2. The molecule has 0 radical (unpaired) electrons. The lowest BCUT2D eigenvalue weighted by Gasteiger charge is -2.39. The van der Waals surface area contributed by atoms with Gasteiger partial charge in [0.1, 0.15) is 5.60 Å². The predicted octanol–water partition coefficient (Wildman–Crippen LogP) is 4.79. The number of likely N-dealkylation sites (tertiary alicyclic amines) is 2. The van der Waals surface area contributed by atoms with Gasteiger partial charge in [-0.3, -0.25) is 9.59 Å². The Bertz CT molecular complexity index is 1250. The molecule has 1 aliphatic carbocycles. The van der Waals surface area contributed by atoms with Crippen molar-refractivity contribution in [1.82, 2.24) is 24.7 Å². The van der Waals surface area contributed by atoms with Gasteiger partial charge in [-0.05, 0) is 77.8 Å². The van der Waals surface area contributed by atoms with Crippen molar-refractivity contribution in [2.24, 2.45) is 0 Å². The summed E-state index contributed by atoms with van der Waals surface area (Å²) in [6, 6.07) is 7.74. The molecule has 0 spiro atoms. The van der Waals surface area contributed by atoms with Gasteiger partial charge in [-0.1, -0.05) is 12.1 Å². The molecule has 0 bridgehead atoms. The van der Waals surface area contributed by atoms with Gasteiger partial charge >= 0.3 is 6.09 Å². The summed E-state index contributed by atoms with van der Waals surface area (Å²) in [5, 5.41) is 0. The van der Waals surface area contributed by atoms with E-state index in [-0.39, 0.29) is 36.0 Å². The van der Waals surface area contributed by atoms with Gasteiger partial charge in [0.25, 0.3) is 11.8 Å². The van der Waals surface area contributed by atoms with Crippen molar-refractivity contribution in [3.05, 3.63) is 47.8 Å². The first kappa shape index (κ1) is 29.9. The summed E-state index contributed by atoms with van der Waals surface area (Å²) in [6.07, 6.45) is 9.39. The van der Waals surface area contributed by atoms with Crippen LogP contribution in [-0.2, 0) is 9.47 Å². The van der Waals surface area contributed by atoms with Crippen molar-refractivity contribution in [3.63, 3.8) is 0 Å². The van der Waals surface area contributed by atoms with E-state index in [1.807, 2.05) is 54.8 Å². The molecule has 10 nitrogen and oxygen atoms in total. The van der Waals surface area contributed by atoms with Crippen LogP contribution in [0.3, 0.4) is 0 Å². The SMILES string of the molecule is COCC1CCCCN1C(=O)c1ccc(-c2ncc(C(=O)N(C3CC3)C3CCN(C(=O)OC(C)(C)C)CC3)cn2)cc1. The molecule has 2 aliphatic heterocycles. The summed E-state index contributed by atoms with van der Waals surface area (Å²) in [7, 11) is 1.67. The van der Waals surface area contributed by atoms with Crippen molar-refractivity contribution in [2.75, 3.05) is 33.4 Å². The number of rotatable bonds is 7. The molecule has 3 fully saturated rings. The van der Waals surface area contributed by atoms with Crippen LogP contribution in [0.25, 0.3) is 11.4 Å². The molecule has 3 aliphatic rings. The van der Waals surface area contributed by atoms with Gasteiger partial charge in [-0.25, -0.2) is 14.8 Å². The van der Waals surface area contributed by atoms with E-state index < -0.39 is 5.60 Å². The van der Waals surface area contributed by atoms with Gasteiger partial charge in [0, 0.05) is 62.3 Å². The van der Waals surface area contributed by atoms with Crippen LogP contribution < -0.4 is 0 Å². The Hall–Kier alpha value is -3.53. The van der Waals surface area contributed by atoms with E-state index in [1.165, 1.54) is 0 Å². The minimum atomic E-state index is -0.531. The average Bonchev–Trinajstić information content (AvgIpc) is 3.82. The zero-order chi connectivity index (χ0) is 29.9. The zero-order valence-electron chi connectivity index (χ0n) is 25.3. The normalized spacial score (nSPS) is 19.9. The first-order chi connectivity index (χ1) is 20.1. The maximum atomic E-state index is 13.6. The van der Waals surface area contributed by atoms with E-state index in [4.69, 9.17) is 9.47 Å². The standard InChI is InChI=1S/C32H43N5O5/c1-32(2,3)42-31(40)35-17-14-26(15-18-35)37(25-12-13-25)30(39)24-19-33-28(34-20-24)22-8-10-23(11-9-22)29(38)36-16-6-5-7-27(36)21-41-4/h8-11,19-20,25-27H,5-7,12-18,21H2,1-4H3. The first-order valence-corrected chi connectivity index (χ1v) is 15.2. The summed E-state index contributed by atoms with van der Waals surface area (Å²) in [5.41, 5.74) is 1.34. The molecule has 0 N–H and O–H groups in total. The van der Waals surface area contributed by atoms with Gasteiger partial charge in [0.05, 0.1) is 18.2 Å². The Labute approximate surface area is 248 Å². The van der Waals surface area contributed by atoms with Crippen LogP contribution in [0.1, 0.15) is 86.4 Å². The number of ether oxygens (including phenoxy) is 2. The van der Waals surface area contributed by atoms with Crippen LogP contribution in [0.4, 0.5) is 4.79 Å². The molecule has 1 unspecified atom stereocenters. The summed E-state index contributed by atoms with van der Waals surface area (Å²) < 4.78 is 10.9. The van der Waals surface area contributed by atoms with Gasteiger partial charge in [-0.15, -0.1) is 0 Å². The zero-order valence-corrected chi connectivity index (χ0v) is 25.3. The minimum absolute atomic E-state index is 0.0160. The van der Waals surface area contributed by atoms with Crippen molar-refractivity contribution in [3.8, 4) is 11.4 Å². The summed E-state index contributed by atoms with van der Waals surface area (Å²) in [6.45, 7) is 8.01. The molecule has 3 heterocycles. The summed E-state index contributed by atoms with van der Waals surface area (Å²) in [5.74, 6) is 0.458. The molecule has 10 heteroatoms. The van der Waals surface area contributed by atoms with E-state index in [0.29, 0.717) is 36.6 Å². The second-order valence-electron chi connectivity index (χ2n) is 12.6. The van der Waals surface area contributed by atoms with E-state index in [2.05, 4.69) is 9.97 Å². The van der Waals surface area contributed by atoms with Crippen LogP contribution in [-0.4, -0.2) is 99.7 Å². The molecule has 1 saturated carbocycles. The Balaban J connectivity index is 1.21. The van der Waals surface area contributed by atoms with Gasteiger partial charge in [0.15, 0.2) is 5.82 Å². The molecule has 42 heavy (non-hydrogen) atoms. The number of carbonyl (C=O) groups excluding carboxylic acids is 3. The Kier molecular flexibility index (Phi) is 9.11. The maximum Gasteiger partial charge on any atom is 0.410 e. The van der Waals surface area contributed by atoms with E-state index in [1.54, 1.807) is 24.4 Å². The van der Waals surface area contributed by atoms with Crippen LogP contribution in [0.5, 0.6) is 0 Å². The third-order valence-electron chi connectivity index (χ3n) is 8.22. The lowest BCUT2D eigenvalue weighted by atomic mass is 10.0. The molecule has 2 aromatic rings. The molecular formula is C32H43N5O5. The fourth-order valence-corrected chi connectivity index (χ4v) is 5.93. The number of hydrogen-bond donors (Lipinski definition) is 0. The minimum Gasteiger partial charge on any atom is -0.444 e. The Morgan fingerprint density at radius 1 is 0.881 bits per heavy atom. The number of piperidine rings is 2. The van der Waals surface area contributed by atoms with Gasteiger partial charge in [-0.2, -0.15) is 0 Å². The lowest BCUT2D eigenvalue weighted by molar-refractivity contribution is 0.0142. The molecule has 1 aromatic carbocycles. The second kappa shape index (κ2) is 12.8. The van der Waals surface area contributed by atoms with Gasteiger partial charge in [0.2, 0.25) is 0 Å².